The molecule has 0 fully saturated rings. The van der Waals surface area contributed by atoms with Crippen molar-refractivity contribution in [3.63, 3.8) is 0 Å². The summed E-state index contributed by atoms with van der Waals surface area (Å²) in [5.74, 6) is -1.36. The zero-order chi connectivity index (χ0) is 15.6. The third kappa shape index (κ3) is 3.26. The Hall–Kier alpha value is -3.10. The van der Waals surface area contributed by atoms with Crippen LogP contribution in [0, 0.1) is 24.0 Å². The number of carbonyl (C=O) groups excluding carboxylic acids is 1. The summed E-state index contributed by atoms with van der Waals surface area (Å²) in [5, 5.41) is 10.6. The quantitative estimate of drug-likeness (QED) is 0.366. The number of nitro benzene ring substituents is 1. The molecule has 1 aromatic heterocycles. The lowest BCUT2D eigenvalue weighted by molar-refractivity contribution is -0.384. The fourth-order valence-corrected chi connectivity index (χ4v) is 1.48. The Morgan fingerprint density at radius 1 is 1.24 bits per heavy atom. The molecule has 0 bridgehead atoms. The molecule has 0 aliphatic heterocycles. The van der Waals surface area contributed by atoms with Crippen LogP contribution in [-0.2, 0) is 0 Å². The Morgan fingerprint density at radius 2 is 1.95 bits per heavy atom. The molecule has 0 radical (unpaired) electrons. The van der Waals surface area contributed by atoms with Crippen LogP contribution < -0.4 is 15.3 Å². The van der Waals surface area contributed by atoms with Crippen LogP contribution in [0.3, 0.4) is 0 Å². The first-order valence-electron chi connectivity index (χ1n) is 5.62. The molecule has 0 saturated carbocycles. The second-order valence-electron chi connectivity index (χ2n) is 3.96. The SMILES string of the molecule is Cc1cc([N+](=O)[O-])ccc1OC(=O)Oc1oc(=O)oc1C. The fraction of sp³-hybridized carbons (Fsp3) is 0.167. The first-order valence-corrected chi connectivity index (χ1v) is 5.62. The van der Waals surface area contributed by atoms with Crippen LogP contribution in [-0.4, -0.2) is 11.1 Å². The van der Waals surface area contributed by atoms with E-state index in [1.807, 2.05) is 0 Å². The van der Waals surface area contributed by atoms with E-state index in [2.05, 4.69) is 13.6 Å². The molecule has 2 rings (SSSR count). The average Bonchev–Trinajstić information content (AvgIpc) is 2.70. The van der Waals surface area contributed by atoms with Crippen molar-refractivity contribution in [2.75, 3.05) is 0 Å². The minimum absolute atomic E-state index is 0.0163. The summed E-state index contributed by atoms with van der Waals surface area (Å²) in [4.78, 5) is 32.3. The van der Waals surface area contributed by atoms with E-state index in [1.54, 1.807) is 0 Å². The minimum Gasteiger partial charge on any atom is -0.394 e. The highest BCUT2D eigenvalue weighted by molar-refractivity contribution is 5.67. The van der Waals surface area contributed by atoms with Crippen LogP contribution in [0.1, 0.15) is 11.3 Å². The van der Waals surface area contributed by atoms with Gasteiger partial charge in [0.05, 0.1) is 4.92 Å². The molecular weight excluding hydrogens is 286 g/mol. The highest BCUT2D eigenvalue weighted by atomic mass is 16.8. The van der Waals surface area contributed by atoms with E-state index in [4.69, 9.17) is 4.74 Å². The van der Waals surface area contributed by atoms with Crippen molar-refractivity contribution in [1.82, 2.24) is 0 Å². The average molecular weight is 295 g/mol. The van der Waals surface area contributed by atoms with Gasteiger partial charge in [0, 0.05) is 19.1 Å². The maximum absolute atomic E-state index is 11.5. The van der Waals surface area contributed by atoms with Crippen molar-refractivity contribution in [2.24, 2.45) is 0 Å². The van der Waals surface area contributed by atoms with Crippen molar-refractivity contribution in [3.05, 3.63) is 50.3 Å². The van der Waals surface area contributed by atoms with Crippen molar-refractivity contribution in [1.29, 1.82) is 0 Å². The highest BCUT2D eigenvalue weighted by Crippen LogP contribution is 2.24. The summed E-state index contributed by atoms with van der Waals surface area (Å²) in [5.41, 5.74) is 0.233. The number of benzene rings is 1. The predicted octanol–water partition coefficient (Wildman–Crippen LogP) is 2.34. The topological polar surface area (TPSA) is 122 Å². The van der Waals surface area contributed by atoms with E-state index < -0.39 is 22.8 Å². The van der Waals surface area contributed by atoms with Gasteiger partial charge in [-0.05, 0) is 18.6 Å². The second-order valence-corrected chi connectivity index (χ2v) is 3.96. The lowest BCUT2D eigenvalue weighted by Crippen LogP contribution is -2.14. The molecule has 2 aromatic rings. The molecule has 0 spiro atoms. The molecule has 0 aliphatic carbocycles. The van der Waals surface area contributed by atoms with E-state index in [-0.39, 0.29) is 17.2 Å². The van der Waals surface area contributed by atoms with Crippen LogP contribution in [0.5, 0.6) is 11.7 Å². The Bertz CT molecular complexity index is 757. The van der Waals surface area contributed by atoms with Crippen molar-refractivity contribution >= 4 is 11.8 Å². The van der Waals surface area contributed by atoms with E-state index in [0.717, 1.165) is 0 Å². The molecular formula is C12H9NO8. The third-order valence-corrected chi connectivity index (χ3v) is 2.44. The standard InChI is InChI=1S/C12H9NO8/c1-6-5-8(13(16)17)3-4-9(6)19-12(15)21-10-7(2)18-11(14)20-10/h3-5H,1-2H3. The van der Waals surface area contributed by atoms with Crippen molar-refractivity contribution < 1.29 is 28.0 Å². The van der Waals surface area contributed by atoms with Gasteiger partial charge in [-0.25, -0.2) is 9.59 Å². The van der Waals surface area contributed by atoms with E-state index >= 15 is 0 Å². The number of hydrogen-bond acceptors (Lipinski definition) is 8. The number of aryl methyl sites for hydroxylation is 2. The number of rotatable bonds is 3. The Kier molecular flexibility index (Phi) is 3.74. The Balaban J connectivity index is 2.11. The number of nitro groups is 1. The second kappa shape index (κ2) is 5.49. The number of carbonyl (C=O) groups is 1. The summed E-state index contributed by atoms with van der Waals surface area (Å²) in [6, 6.07) is 3.68. The predicted molar refractivity (Wildman–Crippen MR) is 66.5 cm³/mol. The number of ether oxygens (including phenoxy) is 2. The first-order chi connectivity index (χ1) is 9.86. The summed E-state index contributed by atoms with van der Waals surface area (Å²) in [7, 11) is 0. The molecule has 1 aromatic carbocycles. The van der Waals surface area contributed by atoms with Gasteiger partial charge >= 0.3 is 17.9 Å². The van der Waals surface area contributed by atoms with Gasteiger partial charge in [-0.3, -0.25) is 10.1 Å². The first kappa shape index (κ1) is 14.3. The zero-order valence-corrected chi connectivity index (χ0v) is 10.9. The summed E-state index contributed by atoms with van der Waals surface area (Å²) in [6.07, 6.45) is -1.17. The van der Waals surface area contributed by atoms with E-state index in [1.165, 1.54) is 32.0 Å². The van der Waals surface area contributed by atoms with Crippen LogP contribution >= 0.6 is 0 Å². The van der Waals surface area contributed by atoms with Gasteiger partial charge in [0.25, 0.3) is 5.69 Å². The minimum atomic E-state index is -1.17. The normalized spacial score (nSPS) is 10.2. The molecule has 0 saturated heterocycles. The van der Waals surface area contributed by atoms with Gasteiger partial charge in [-0.15, -0.1) is 0 Å². The molecule has 0 unspecified atom stereocenters. The van der Waals surface area contributed by atoms with Gasteiger partial charge < -0.3 is 18.3 Å². The molecule has 0 aliphatic rings. The van der Waals surface area contributed by atoms with Gasteiger partial charge in [0.2, 0.25) is 0 Å². The summed E-state index contributed by atoms with van der Waals surface area (Å²) < 4.78 is 18.5. The Morgan fingerprint density at radius 3 is 2.48 bits per heavy atom. The molecule has 0 N–H and O–H groups in total. The van der Waals surface area contributed by atoms with Crippen molar-refractivity contribution in [2.45, 2.75) is 13.8 Å². The third-order valence-electron chi connectivity index (χ3n) is 2.44. The Labute approximate surface area is 116 Å². The van der Waals surface area contributed by atoms with Gasteiger partial charge in [0.15, 0.2) is 5.76 Å². The van der Waals surface area contributed by atoms with Gasteiger partial charge in [-0.1, -0.05) is 0 Å². The molecule has 0 atom stereocenters. The van der Waals surface area contributed by atoms with Gasteiger partial charge in [0.1, 0.15) is 5.75 Å². The van der Waals surface area contributed by atoms with Crippen LogP contribution in [0.2, 0.25) is 0 Å². The number of hydrogen-bond donors (Lipinski definition) is 0. The zero-order valence-electron chi connectivity index (χ0n) is 10.9. The van der Waals surface area contributed by atoms with Crippen LogP contribution in [0.25, 0.3) is 0 Å². The van der Waals surface area contributed by atoms with E-state index in [0.29, 0.717) is 5.56 Å². The summed E-state index contributed by atoms with van der Waals surface area (Å²) in [6.45, 7) is 2.89. The molecule has 9 heteroatoms. The lowest BCUT2D eigenvalue weighted by Gasteiger charge is -2.05. The lowest BCUT2D eigenvalue weighted by atomic mass is 10.2. The number of nitrogens with zero attached hydrogens (tertiary/aromatic N) is 1. The maximum atomic E-state index is 11.5. The smallest absolute Gasteiger partial charge is 0.394 e. The fourth-order valence-electron chi connectivity index (χ4n) is 1.48. The molecule has 110 valence electrons. The largest absolute Gasteiger partial charge is 0.521 e. The van der Waals surface area contributed by atoms with Crippen LogP contribution in [0.15, 0.2) is 31.8 Å². The monoisotopic (exact) mass is 295 g/mol. The molecule has 1 heterocycles. The van der Waals surface area contributed by atoms with E-state index in [9.17, 15) is 19.7 Å². The highest BCUT2D eigenvalue weighted by Gasteiger charge is 2.18. The molecule has 0 amide bonds. The maximum Gasteiger partial charge on any atom is 0.521 e. The van der Waals surface area contributed by atoms with Crippen molar-refractivity contribution in [3.8, 4) is 11.7 Å². The number of non-ortho nitro benzene ring substituents is 1. The molecule has 21 heavy (non-hydrogen) atoms. The molecule has 9 nitrogen and oxygen atoms in total. The van der Waals surface area contributed by atoms with Crippen LogP contribution in [0.4, 0.5) is 10.5 Å². The van der Waals surface area contributed by atoms with Gasteiger partial charge in [-0.2, -0.15) is 0 Å². The summed E-state index contributed by atoms with van der Waals surface area (Å²) >= 11 is 0.